The highest BCUT2D eigenvalue weighted by atomic mass is 19.1. The molecule has 4 rings (SSSR count). The number of nitrogens with zero attached hydrogens (tertiary/aromatic N) is 7. The highest BCUT2D eigenvalue weighted by molar-refractivity contribution is 5.95. The van der Waals surface area contributed by atoms with E-state index in [1.807, 2.05) is 0 Å². The minimum absolute atomic E-state index is 0.0477. The van der Waals surface area contributed by atoms with Gasteiger partial charge in [0.25, 0.3) is 11.8 Å². The van der Waals surface area contributed by atoms with Crippen molar-refractivity contribution in [2.24, 2.45) is 7.05 Å². The quantitative estimate of drug-likeness (QED) is 0.772. The van der Waals surface area contributed by atoms with E-state index in [1.54, 1.807) is 40.8 Å². The van der Waals surface area contributed by atoms with Crippen molar-refractivity contribution in [2.75, 3.05) is 19.6 Å². The molecule has 2 unspecified atom stereocenters. The molecule has 9 nitrogen and oxygen atoms in total. The molecule has 2 amide bonds. The van der Waals surface area contributed by atoms with E-state index in [2.05, 4.69) is 15.4 Å². The van der Waals surface area contributed by atoms with E-state index in [9.17, 15) is 14.0 Å². The fraction of sp³-hybridized carbons (Fsp3) is 0.611. The third-order valence-corrected chi connectivity index (χ3v) is 5.42. The lowest BCUT2D eigenvalue weighted by atomic mass is 10.2. The Morgan fingerprint density at radius 2 is 1.96 bits per heavy atom. The predicted molar refractivity (Wildman–Crippen MR) is 97.4 cm³/mol. The molecular formula is C18H24FN7O2. The molecule has 0 N–H and O–H groups in total. The first kappa shape index (κ1) is 18.6. The third kappa shape index (κ3) is 3.50. The molecule has 0 saturated carbocycles. The molecule has 2 aliphatic heterocycles. The lowest BCUT2D eigenvalue weighted by Gasteiger charge is -2.23. The zero-order chi connectivity index (χ0) is 19.8. The number of likely N-dealkylation sites (tertiary alicyclic amines) is 2. The van der Waals surface area contributed by atoms with Gasteiger partial charge in [0.1, 0.15) is 6.17 Å². The van der Waals surface area contributed by atoms with Gasteiger partial charge in [0.05, 0.1) is 36.6 Å². The smallest absolute Gasteiger partial charge is 0.276 e. The first-order chi connectivity index (χ1) is 13.4. The van der Waals surface area contributed by atoms with E-state index < -0.39 is 6.17 Å². The fourth-order valence-electron chi connectivity index (χ4n) is 4.03. The normalized spacial score (nSPS) is 22.2. The molecule has 2 saturated heterocycles. The number of hydrogen-bond acceptors (Lipinski definition) is 5. The molecule has 28 heavy (non-hydrogen) atoms. The van der Waals surface area contributed by atoms with Gasteiger partial charge in [-0.05, 0) is 19.8 Å². The van der Waals surface area contributed by atoms with Crippen molar-refractivity contribution >= 4 is 11.8 Å². The summed E-state index contributed by atoms with van der Waals surface area (Å²) in [4.78, 5) is 28.6. The van der Waals surface area contributed by atoms with Crippen LogP contribution >= 0.6 is 0 Å². The Hall–Kier alpha value is -2.78. The predicted octanol–water partition coefficient (Wildman–Crippen LogP) is 0.809. The lowest BCUT2D eigenvalue weighted by molar-refractivity contribution is 0.0712. The standard InChI is InChI=1S/C18H24FN7O2/c1-12-15(10-23(2)21-12)17(27)26-8-13(19)7-14(26)9-25-11-16(20-22-25)18(28)24-5-3-4-6-24/h10-11,13-14H,3-9H2,1-2H3. The van der Waals surface area contributed by atoms with E-state index in [-0.39, 0.29) is 36.5 Å². The van der Waals surface area contributed by atoms with Crippen LogP contribution in [0, 0.1) is 6.92 Å². The van der Waals surface area contributed by atoms with Crippen LogP contribution in [0.15, 0.2) is 12.4 Å². The summed E-state index contributed by atoms with van der Waals surface area (Å²) in [5.74, 6) is -0.360. The minimum atomic E-state index is -1.08. The van der Waals surface area contributed by atoms with E-state index >= 15 is 0 Å². The maximum atomic E-state index is 14.1. The summed E-state index contributed by atoms with van der Waals surface area (Å²) in [5, 5.41) is 12.2. The first-order valence-electron chi connectivity index (χ1n) is 9.57. The van der Waals surface area contributed by atoms with Crippen LogP contribution in [0.5, 0.6) is 0 Å². The van der Waals surface area contributed by atoms with Gasteiger partial charge in [-0.15, -0.1) is 5.10 Å². The van der Waals surface area contributed by atoms with Crippen LogP contribution in [0.1, 0.15) is 45.8 Å². The molecule has 0 aliphatic carbocycles. The van der Waals surface area contributed by atoms with Crippen molar-refractivity contribution in [1.29, 1.82) is 0 Å². The van der Waals surface area contributed by atoms with Gasteiger partial charge in [0, 0.05) is 32.8 Å². The van der Waals surface area contributed by atoms with Crippen LogP contribution in [0.2, 0.25) is 0 Å². The van der Waals surface area contributed by atoms with E-state index in [0.717, 1.165) is 25.9 Å². The Labute approximate surface area is 162 Å². The number of hydrogen-bond donors (Lipinski definition) is 0. The number of rotatable bonds is 4. The number of amides is 2. The highest BCUT2D eigenvalue weighted by Gasteiger charge is 2.37. The second-order valence-electron chi connectivity index (χ2n) is 7.57. The molecule has 2 aromatic heterocycles. The molecule has 10 heteroatoms. The molecule has 4 heterocycles. The SMILES string of the molecule is Cc1nn(C)cc1C(=O)N1CC(F)CC1Cn1cc(C(=O)N2CCCC2)nn1. The second kappa shape index (κ2) is 7.33. The van der Waals surface area contributed by atoms with Gasteiger partial charge >= 0.3 is 0 Å². The van der Waals surface area contributed by atoms with Gasteiger partial charge in [-0.2, -0.15) is 5.10 Å². The van der Waals surface area contributed by atoms with Crippen LogP contribution in [-0.2, 0) is 13.6 Å². The Kier molecular flexibility index (Phi) is 4.86. The zero-order valence-corrected chi connectivity index (χ0v) is 16.1. The molecule has 2 fully saturated rings. The van der Waals surface area contributed by atoms with Crippen molar-refractivity contribution in [2.45, 2.75) is 44.9 Å². The zero-order valence-electron chi connectivity index (χ0n) is 16.1. The number of carbonyl (C=O) groups excluding carboxylic acids is 2. The van der Waals surface area contributed by atoms with Gasteiger partial charge in [0.15, 0.2) is 5.69 Å². The molecule has 150 valence electrons. The van der Waals surface area contributed by atoms with Gasteiger partial charge in [0.2, 0.25) is 0 Å². The summed E-state index contributed by atoms with van der Waals surface area (Å²) < 4.78 is 17.2. The number of alkyl halides is 1. The van der Waals surface area contributed by atoms with Crippen LogP contribution in [0.3, 0.4) is 0 Å². The van der Waals surface area contributed by atoms with E-state index in [1.165, 1.54) is 4.68 Å². The number of aromatic nitrogens is 5. The second-order valence-corrected chi connectivity index (χ2v) is 7.57. The molecule has 2 atom stereocenters. The molecule has 0 radical (unpaired) electrons. The topological polar surface area (TPSA) is 89.2 Å². The van der Waals surface area contributed by atoms with E-state index in [4.69, 9.17) is 0 Å². The monoisotopic (exact) mass is 389 g/mol. The fourth-order valence-corrected chi connectivity index (χ4v) is 4.03. The average molecular weight is 389 g/mol. The Morgan fingerprint density at radius 1 is 1.21 bits per heavy atom. The number of carbonyl (C=O) groups is 2. The summed E-state index contributed by atoms with van der Waals surface area (Å²) in [6.07, 6.45) is 4.41. The van der Waals surface area contributed by atoms with Crippen molar-refractivity contribution < 1.29 is 14.0 Å². The van der Waals surface area contributed by atoms with Crippen LogP contribution in [0.25, 0.3) is 0 Å². The Balaban J connectivity index is 1.48. The minimum Gasteiger partial charge on any atom is -0.337 e. The Morgan fingerprint density at radius 3 is 2.64 bits per heavy atom. The lowest BCUT2D eigenvalue weighted by Crippen LogP contribution is -2.38. The summed E-state index contributed by atoms with van der Waals surface area (Å²) in [6, 6.07) is -0.349. The molecule has 0 bridgehead atoms. The first-order valence-corrected chi connectivity index (χ1v) is 9.57. The summed E-state index contributed by atoms with van der Waals surface area (Å²) >= 11 is 0. The van der Waals surface area contributed by atoms with Gasteiger partial charge in [-0.1, -0.05) is 5.21 Å². The van der Waals surface area contributed by atoms with Crippen molar-refractivity contribution in [3.05, 3.63) is 29.3 Å². The van der Waals surface area contributed by atoms with Gasteiger partial charge in [-0.3, -0.25) is 14.3 Å². The largest absolute Gasteiger partial charge is 0.337 e. The van der Waals surface area contributed by atoms with Crippen molar-refractivity contribution in [3.8, 4) is 0 Å². The van der Waals surface area contributed by atoms with Gasteiger partial charge in [-0.25, -0.2) is 9.07 Å². The van der Waals surface area contributed by atoms with Crippen molar-refractivity contribution in [3.63, 3.8) is 0 Å². The van der Waals surface area contributed by atoms with E-state index in [0.29, 0.717) is 17.8 Å². The summed E-state index contributed by atoms with van der Waals surface area (Å²) in [7, 11) is 1.75. The van der Waals surface area contributed by atoms with Crippen LogP contribution in [-0.4, -0.2) is 78.2 Å². The number of halogens is 1. The molecule has 0 aromatic carbocycles. The van der Waals surface area contributed by atoms with Gasteiger partial charge < -0.3 is 9.80 Å². The summed E-state index contributed by atoms with van der Waals surface area (Å²) in [6.45, 7) is 3.59. The summed E-state index contributed by atoms with van der Waals surface area (Å²) in [5.41, 5.74) is 1.38. The Bertz CT molecular complexity index is 886. The highest BCUT2D eigenvalue weighted by Crippen LogP contribution is 2.25. The van der Waals surface area contributed by atoms with Crippen LogP contribution in [0.4, 0.5) is 4.39 Å². The molecule has 2 aliphatic rings. The number of aryl methyl sites for hydroxylation is 2. The molecule has 2 aromatic rings. The molecule has 0 spiro atoms. The van der Waals surface area contributed by atoms with Crippen molar-refractivity contribution in [1.82, 2.24) is 34.6 Å². The average Bonchev–Trinajstić information content (AvgIpc) is 3.42. The maximum Gasteiger partial charge on any atom is 0.276 e. The van der Waals surface area contributed by atoms with Crippen LogP contribution < -0.4 is 0 Å². The maximum absolute atomic E-state index is 14.1. The molecular weight excluding hydrogens is 365 g/mol. The third-order valence-electron chi connectivity index (χ3n) is 5.42.